The zero-order chi connectivity index (χ0) is 14.0. The molecule has 0 aliphatic heterocycles. The van der Waals surface area contributed by atoms with Gasteiger partial charge >= 0.3 is 0 Å². The van der Waals surface area contributed by atoms with E-state index < -0.39 is 15.9 Å². The highest BCUT2D eigenvalue weighted by Gasteiger charge is 2.33. The van der Waals surface area contributed by atoms with Gasteiger partial charge in [-0.3, -0.25) is 0 Å². The van der Waals surface area contributed by atoms with Crippen LogP contribution in [0.3, 0.4) is 0 Å². The van der Waals surface area contributed by atoms with Gasteiger partial charge in [-0.05, 0) is 43.7 Å². The van der Waals surface area contributed by atoms with Crippen molar-refractivity contribution < 1.29 is 13.5 Å². The number of aliphatic hydroxyl groups excluding tert-OH is 1. The molecule has 0 bridgehead atoms. The summed E-state index contributed by atoms with van der Waals surface area (Å²) < 4.78 is 23.3. The van der Waals surface area contributed by atoms with Crippen LogP contribution in [0.1, 0.15) is 48.5 Å². The summed E-state index contributed by atoms with van der Waals surface area (Å²) in [5, 5.41) is 10.2. The Morgan fingerprint density at radius 2 is 2.16 bits per heavy atom. The maximum absolute atomic E-state index is 11.7. The summed E-state index contributed by atoms with van der Waals surface area (Å²) in [6.45, 7) is 2.10. The Morgan fingerprint density at radius 3 is 2.74 bits per heavy atom. The minimum Gasteiger partial charge on any atom is -0.387 e. The maximum atomic E-state index is 11.7. The van der Waals surface area contributed by atoms with Gasteiger partial charge in [-0.15, -0.1) is 11.3 Å². The second kappa shape index (κ2) is 5.94. The van der Waals surface area contributed by atoms with Crippen molar-refractivity contribution in [1.29, 1.82) is 0 Å². The standard InChI is InChI=1S/C14H22O3S2/c1-3-11-7-8-13(18-11)14(15)10-5-4-6-12(9-10)19(2,16)17/h7-8,10,12,14-15H,3-6,9H2,1-2H3. The van der Waals surface area contributed by atoms with Gasteiger partial charge in [-0.2, -0.15) is 0 Å². The van der Waals surface area contributed by atoms with Crippen molar-refractivity contribution in [3.63, 3.8) is 0 Å². The molecule has 1 aliphatic carbocycles. The van der Waals surface area contributed by atoms with Crippen LogP contribution in [0.15, 0.2) is 12.1 Å². The van der Waals surface area contributed by atoms with Crippen LogP contribution in [-0.2, 0) is 16.3 Å². The number of rotatable bonds is 4. The molecular formula is C14H22O3S2. The van der Waals surface area contributed by atoms with Crippen molar-refractivity contribution in [3.8, 4) is 0 Å². The number of aliphatic hydroxyl groups is 1. The van der Waals surface area contributed by atoms with E-state index in [1.807, 2.05) is 6.07 Å². The van der Waals surface area contributed by atoms with Gasteiger partial charge in [-0.1, -0.05) is 13.3 Å². The van der Waals surface area contributed by atoms with E-state index >= 15 is 0 Å². The van der Waals surface area contributed by atoms with Crippen molar-refractivity contribution in [2.24, 2.45) is 5.92 Å². The molecule has 0 radical (unpaired) electrons. The molecule has 1 aromatic heterocycles. The predicted octanol–water partition coefficient (Wildman–Crippen LogP) is 2.95. The third kappa shape index (κ3) is 3.58. The molecule has 1 aromatic rings. The Hall–Kier alpha value is -0.390. The molecule has 1 saturated carbocycles. The molecule has 3 unspecified atom stereocenters. The molecule has 0 amide bonds. The van der Waals surface area contributed by atoms with Gasteiger partial charge in [0.05, 0.1) is 11.4 Å². The molecule has 0 saturated heterocycles. The third-order valence-corrected chi connectivity index (χ3v) is 6.98. The monoisotopic (exact) mass is 302 g/mol. The molecule has 3 nitrogen and oxygen atoms in total. The summed E-state index contributed by atoms with van der Waals surface area (Å²) in [6.07, 6.45) is 4.94. The average molecular weight is 302 g/mol. The number of sulfone groups is 1. The molecule has 3 atom stereocenters. The molecule has 108 valence electrons. The van der Waals surface area contributed by atoms with E-state index in [1.165, 1.54) is 11.1 Å². The zero-order valence-electron chi connectivity index (χ0n) is 11.5. The largest absolute Gasteiger partial charge is 0.387 e. The number of thiophene rings is 1. The molecule has 0 aromatic carbocycles. The second-order valence-electron chi connectivity index (χ2n) is 5.48. The summed E-state index contributed by atoms with van der Waals surface area (Å²) in [5.41, 5.74) is 0. The lowest BCUT2D eigenvalue weighted by Gasteiger charge is -2.30. The van der Waals surface area contributed by atoms with Gasteiger partial charge < -0.3 is 5.11 Å². The van der Waals surface area contributed by atoms with Gasteiger partial charge in [0.25, 0.3) is 0 Å². The Balaban J connectivity index is 2.08. The van der Waals surface area contributed by atoms with E-state index in [4.69, 9.17) is 0 Å². The Kier molecular flexibility index (Phi) is 4.69. The first-order valence-corrected chi connectivity index (χ1v) is 9.64. The number of hydrogen-bond acceptors (Lipinski definition) is 4. The van der Waals surface area contributed by atoms with Crippen LogP contribution in [0.25, 0.3) is 0 Å². The number of hydrogen-bond donors (Lipinski definition) is 1. The van der Waals surface area contributed by atoms with Crippen molar-refractivity contribution in [2.75, 3.05) is 6.26 Å². The van der Waals surface area contributed by atoms with E-state index in [0.29, 0.717) is 6.42 Å². The van der Waals surface area contributed by atoms with Gasteiger partial charge in [0.15, 0.2) is 0 Å². The highest BCUT2D eigenvalue weighted by atomic mass is 32.2. The molecule has 19 heavy (non-hydrogen) atoms. The van der Waals surface area contributed by atoms with Gasteiger partial charge in [-0.25, -0.2) is 8.42 Å². The van der Waals surface area contributed by atoms with E-state index in [-0.39, 0.29) is 11.2 Å². The van der Waals surface area contributed by atoms with Gasteiger partial charge in [0.2, 0.25) is 0 Å². The smallest absolute Gasteiger partial charge is 0.150 e. The van der Waals surface area contributed by atoms with Crippen LogP contribution >= 0.6 is 11.3 Å². The van der Waals surface area contributed by atoms with Crippen LogP contribution in [-0.4, -0.2) is 25.0 Å². The lowest BCUT2D eigenvalue weighted by molar-refractivity contribution is 0.0888. The van der Waals surface area contributed by atoms with E-state index in [9.17, 15) is 13.5 Å². The summed E-state index contributed by atoms with van der Waals surface area (Å²) in [6, 6.07) is 4.04. The molecule has 1 fully saturated rings. The molecule has 1 heterocycles. The predicted molar refractivity (Wildman–Crippen MR) is 79.2 cm³/mol. The first kappa shape index (κ1) is 15.0. The first-order valence-electron chi connectivity index (χ1n) is 6.87. The minimum atomic E-state index is -2.98. The summed E-state index contributed by atoms with van der Waals surface area (Å²) >= 11 is 1.64. The summed E-state index contributed by atoms with van der Waals surface area (Å²) in [7, 11) is -2.98. The lowest BCUT2D eigenvalue weighted by atomic mass is 9.84. The van der Waals surface area contributed by atoms with Crippen molar-refractivity contribution in [2.45, 2.75) is 50.4 Å². The Morgan fingerprint density at radius 1 is 1.42 bits per heavy atom. The maximum Gasteiger partial charge on any atom is 0.150 e. The molecule has 0 spiro atoms. The van der Waals surface area contributed by atoms with Gasteiger partial charge in [0, 0.05) is 16.0 Å². The third-order valence-electron chi connectivity index (χ3n) is 4.04. The topological polar surface area (TPSA) is 54.4 Å². The van der Waals surface area contributed by atoms with Crippen molar-refractivity contribution in [1.82, 2.24) is 0 Å². The Bertz CT molecular complexity index is 519. The summed E-state index contributed by atoms with van der Waals surface area (Å²) in [4.78, 5) is 2.25. The van der Waals surface area contributed by atoms with Crippen LogP contribution in [0, 0.1) is 5.92 Å². The van der Waals surface area contributed by atoms with Crippen LogP contribution in [0.5, 0.6) is 0 Å². The van der Waals surface area contributed by atoms with E-state index in [2.05, 4.69) is 13.0 Å². The normalized spacial score (nSPS) is 26.3. The Labute approximate surface area is 119 Å². The SMILES string of the molecule is CCc1ccc(C(O)C2CCCC(S(C)(=O)=O)C2)s1. The quantitative estimate of drug-likeness (QED) is 0.930. The fourth-order valence-electron chi connectivity index (χ4n) is 2.83. The van der Waals surface area contributed by atoms with E-state index in [0.717, 1.165) is 30.6 Å². The van der Waals surface area contributed by atoms with Gasteiger partial charge in [0.1, 0.15) is 9.84 Å². The van der Waals surface area contributed by atoms with E-state index in [1.54, 1.807) is 11.3 Å². The zero-order valence-corrected chi connectivity index (χ0v) is 13.1. The molecule has 2 rings (SSSR count). The highest BCUT2D eigenvalue weighted by molar-refractivity contribution is 7.91. The number of aryl methyl sites for hydroxylation is 1. The fraction of sp³-hybridized carbons (Fsp3) is 0.714. The van der Waals surface area contributed by atoms with Crippen molar-refractivity contribution in [3.05, 3.63) is 21.9 Å². The molecule has 1 aliphatic rings. The minimum absolute atomic E-state index is 0.0804. The lowest BCUT2D eigenvalue weighted by Crippen LogP contribution is -2.30. The molecule has 1 N–H and O–H groups in total. The second-order valence-corrected chi connectivity index (χ2v) is 9.01. The van der Waals surface area contributed by atoms with Crippen LogP contribution in [0.4, 0.5) is 0 Å². The van der Waals surface area contributed by atoms with Crippen LogP contribution < -0.4 is 0 Å². The van der Waals surface area contributed by atoms with Crippen molar-refractivity contribution >= 4 is 21.2 Å². The summed E-state index contributed by atoms with van der Waals surface area (Å²) in [5.74, 6) is 0.0804. The van der Waals surface area contributed by atoms with Crippen LogP contribution in [0.2, 0.25) is 0 Å². The average Bonchev–Trinajstić information content (AvgIpc) is 2.86. The first-order chi connectivity index (χ1) is 8.91. The molecular weight excluding hydrogens is 280 g/mol. The molecule has 5 heteroatoms. The highest BCUT2D eigenvalue weighted by Crippen LogP contribution is 2.38. The fourth-order valence-corrected chi connectivity index (χ4v) is 5.06.